The van der Waals surface area contributed by atoms with E-state index in [9.17, 15) is 4.79 Å². The summed E-state index contributed by atoms with van der Waals surface area (Å²) in [5.74, 6) is 0.936. The Labute approximate surface area is 159 Å². The summed E-state index contributed by atoms with van der Waals surface area (Å²) in [6.07, 6.45) is 0. The summed E-state index contributed by atoms with van der Waals surface area (Å²) < 4.78 is 5.20. The third-order valence-electron chi connectivity index (χ3n) is 4.75. The van der Waals surface area contributed by atoms with Crippen LogP contribution in [0.1, 0.15) is 5.56 Å². The van der Waals surface area contributed by atoms with Gasteiger partial charge in [-0.15, -0.1) is 0 Å². The molecule has 0 saturated carbocycles. The van der Waals surface area contributed by atoms with Crippen molar-refractivity contribution in [2.24, 2.45) is 0 Å². The number of hydrogen-bond donors (Lipinski definition) is 2. The van der Waals surface area contributed by atoms with Crippen LogP contribution in [0.25, 0.3) is 0 Å². The van der Waals surface area contributed by atoms with Crippen molar-refractivity contribution >= 4 is 23.2 Å². The normalized spacial score (nSPS) is 14.9. The smallest absolute Gasteiger partial charge is 0.275 e. The molecule has 1 heterocycles. The van der Waals surface area contributed by atoms with E-state index in [0.717, 1.165) is 37.5 Å². The van der Waals surface area contributed by atoms with E-state index in [1.54, 1.807) is 7.11 Å². The van der Waals surface area contributed by atoms with Crippen molar-refractivity contribution in [2.45, 2.75) is 6.54 Å². The molecule has 138 valence electrons. The number of anilines is 1. The van der Waals surface area contributed by atoms with Gasteiger partial charge in [0.15, 0.2) is 6.54 Å². The van der Waals surface area contributed by atoms with Crippen LogP contribution < -0.4 is 19.9 Å². The van der Waals surface area contributed by atoms with Crippen molar-refractivity contribution in [1.82, 2.24) is 5.32 Å². The van der Waals surface area contributed by atoms with Gasteiger partial charge in [0.2, 0.25) is 0 Å². The lowest BCUT2D eigenvalue weighted by atomic mass is 10.2. The third kappa shape index (κ3) is 4.90. The van der Waals surface area contributed by atoms with E-state index in [1.165, 1.54) is 10.6 Å². The second kappa shape index (κ2) is 8.92. The molecule has 6 heteroatoms. The molecule has 0 radical (unpaired) electrons. The van der Waals surface area contributed by atoms with Crippen molar-refractivity contribution in [1.29, 1.82) is 0 Å². The maximum absolute atomic E-state index is 12.2. The molecular weight excluding hydrogens is 350 g/mol. The lowest BCUT2D eigenvalue weighted by molar-refractivity contribution is -0.892. The number of carbonyl (C=O) groups is 1. The van der Waals surface area contributed by atoms with Crippen LogP contribution in [0.4, 0.5) is 5.69 Å². The number of carbonyl (C=O) groups excluding carboxylic acids is 1. The Hall–Kier alpha value is -2.24. The molecule has 2 aromatic carbocycles. The Bertz CT molecular complexity index is 728. The molecule has 2 aromatic rings. The largest absolute Gasteiger partial charge is 0.497 e. The van der Waals surface area contributed by atoms with Gasteiger partial charge in [-0.05, 0) is 35.9 Å². The molecule has 2 N–H and O–H groups in total. The predicted molar refractivity (Wildman–Crippen MR) is 104 cm³/mol. The highest BCUT2D eigenvalue weighted by Gasteiger charge is 2.22. The summed E-state index contributed by atoms with van der Waals surface area (Å²) in [5, 5.41) is 3.66. The fraction of sp³-hybridized carbons (Fsp3) is 0.350. The van der Waals surface area contributed by atoms with Crippen LogP contribution in [-0.4, -0.2) is 45.7 Å². The Morgan fingerprint density at radius 3 is 2.50 bits per heavy atom. The topological polar surface area (TPSA) is 46.0 Å². The molecule has 0 unspecified atom stereocenters. The molecule has 1 fully saturated rings. The van der Waals surface area contributed by atoms with Crippen LogP contribution in [-0.2, 0) is 11.3 Å². The van der Waals surface area contributed by atoms with Gasteiger partial charge in [0.05, 0.1) is 33.3 Å². The molecule has 1 aliphatic heterocycles. The van der Waals surface area contributed by atoms with Crippen LogP contribution in [0, 0.1) is 0 Å². The second-order valence-electron chi connectivity index (χ2n) is 6.48. The first-order valence-electron chi connectivity index (χ1n) is 8.88. The Balaban J connectivity index is 1.43. The molecule has 3 rings (SSSR count). The number of ether oxygens (including phenoxy) is 1. The highest BCUT2D eigenvalue weighted by molar-refractivity contribution is 6.31. The first kappa shape index (κ1) is 18.5. The number of methoxy groups -OCH3 is 1. The summed E-state index contributed by atoms with van der Waals surface area (Å²) in [4.78, 5) is 15.9. The van der Waals surface area contributed by atoms with Crippen LogP contribution in [0.2, 0.25) is 5.02 Å². The molecule has 1 aliphatic rings. The summed E-state index contributed by atoms with van der Waals surface area (Å²) in [7, 11) is 1.67. The minimum absolute atomic E-state index is 0.0674. The molecule has 5 nitrogen and oxygen atoms in total. The first-order valence-corrected chi connectivity index (χ1v) is 9.26. The average Bonchev–Trinajstić information content (AvgIpc) is 2.68. The number of amides is 1. The molecule has 26 heavy (non-hydrogen) atoms. The Morgan fingerprint density at radius 1 is 1.15 bits per heavy atom. The summed E-state index contributed by atoms with van der Waals surface area (Å²) in [6.45, 7) is 4.76. The average molecular weight is 375 g/mol. The molecular formula is C20H25ClN3O2+. The Kier molecular flexibility index (Phi) is 6.36. The van der Waals surface area contributed by atoms with Crippen LogP contribution in [0.5, 0.6) is 5.75 Å². The SMILES string of the molecule is COc1ccc(N2CC[NH+](CC(=O)NCc3ccccc3Cl)CC2)cc1. The van der Waals surface area contributed by atoms with E-state index in [2.05, 4.69) is 22.3 Å². The van der Waals surface area contributed by atoms with Crippen molar-refractivity contribution in [3.8, 4) is 5.75 Å². The maximum Gasteiger partial charge on any atom is 0.275 e. The highest BCUT2D eigenvalue weighted by Crippen LogP contribution is 2.19. The minimum Gasteiger partial charge on any atom is -0.497 e. The van der Waals surface area contributed by atoms with Crippen LogP contribution in [0.15, 0.2) is 48.5 Å². The molecule has 1 saturated heterocycles. The summed E-state index contributed by atoms with van der Waals surface area (Å²) in [6, 6.07) is 15.7. The monoisotopic (exact) mass is 374 g/mol. The van der Waals surface area contributed by atoms with Gasteiger partial charge in [0.25, 0.3) is 5.91 Å². The molecule has 0 aromatic heterocycles. The van der Waals surface area contributed by atoms with Crippen LogP contribution in [0.3, 0.4) is 0 Å². The third-order valence-corrected chi connectivity index (χ3v) is 5.12. The van der Waals surface area contributed by atoms with Gasteiger partial charge in [-0.2, -0.15) is 0 Å². The number of halogens is 1. The second-order valence-corrected chi connectivity index (χ2v) is 6.89. The summed E-state index contributed by atoms with van der Waals surface area (Å²) >= 11 is 6.12. The Morgan fingerprint density at radius 2 is 1.85 bits per heavy atom. The number of hydrogen-bond acceptors (Lipinski definition) is 3. The van der Waals surface area contributed by atoms with Gasteiger partial charge in [-0.3, -0.25) is 4.79 Å². The number of nitrogens with zero attached hydrogens (tertiary/aromatic N) is 1. The number of nitrogens with one attached hydrogen (secondary N) is 2. The van der Waals surface area contributed by atoms with Crippen molar-refractivity contribution in [2.75, 3.05) is 44.7 Å². The molecule has 0 spiro atoms. The lowest BCUT2D eigenvalue weighted by Crippen LogP contribution is -3.15. The molecule has 1 amide bonds. The van der Waals surface area contributed by atoms with Crippen LogP contribution >= 0.6 is 11.6 Å². The molecule has 0 aliphatic carbocycles. The predicted octanol–water partition coefficient (Wildman–Crippen LogP) is 1.37. The number of piperazine rings is 1. The summed E-state index contributed by atoms with van der Waals surface area (Å²) in [5.41, 5.74) is 2.15. The van der Waals surface area contributed by atoms with Gasteiger partial charge in [0.1, 0.15) is 5.75 Å². The van der Waals surface area contributed by atoms with E-state index in [-0.39, 0.29) is 5.91 Å². The zero-order valence-electron chi connectivity index (χ0n) is 15.0. The maximum atomic E-state index is 12.2. The molecule has 0 bridgehead atoms. The fourth-order valence-corrected chi connectivity index (χ4v) is 3.38. The number of quaternary nitrogens is 1. The highest BCUT2D eigenvalue weighted by atomic mass is 35.5. The lowest BCUT2D eigenvalue weighted by Gasteiger charge is -2.33. The van der Waals surface area contributed by atoms with Crippen molar-refractivity contribution in [3.63, 3.8) is 0 Å². The number of rotatable bonds is 6. The van der Waals surface area contributed by atoms with E-state index < -0.39 is 0 Å². The zero-order valence-corrected chi connectivity index (χ0v) is 15.8. The van der Waals surface area contributed by atoms with Crippen molar-refractivity contribution < 1.29 is 14.4 Å². The fourth-order valence-electron chi connectivity index (χ4n) is 3.18. The zero-order chi connectivity index (χ0) is 18.4. The standard InChI is InChI=1S/C20H24ClN3O2/c1-26-18-8-6-17(7-9-18)24-12-10-23(11-13-24)15-20(25)22-14-16-4-2-3-5-19(16)21/h2-9H,10-15H2,1H3,(H,22,25)/p+1. The van der Waals surface area contributed by atoms with Gasteiger partial charge < -0.3 is 19.9 Å². The quantitative estimate of drug-likeness (QED) is 0.802. The van der Waals surface area contributed by atoms with Crippen molar-refractivity contribution in [3.05, 3.63) is 59.1 Å². The van der Waals surface area contributed by atoms with Gasteiger partial charge in [-0.25, -0.2) is 0 Å². The van der Waals surface area contributed by atoms with Gasteiger partial charge in [-0.1, -0.05) is 29.8 Å². The van der Waals surface area contributed by atoms with E-state index in [1.807, 2.05) is 36.4 Å². The first-order chi connectivity index (χ1) is 12.7. The van der Waals surface area contributed by atoms with Gasteiger partial charge in [0, 0.05) is 17.3 Å². The van der Waals surface area contributed by atoms with E-state index in [0.29, 0.717) is 18.1 Å². The number of benzene rings is 2. The van der Waals surface area contributed by atoms with Gasteiger partial charge >= 0.3 is 0 Å². The minimum atomic E-state index is 0.0674. The van der Waals surface area contributed by atoms with E-state index in [4.69, 9.17) is 16.3 Å². The van der Waals surface area contributed by atoms with E-state index >= 15 is 0 Å². The molecule has 0 atom stereocenters.